The molecule has 0 fully saturated rings. The smallest absolute Gasteiger partial charge is 0.0827 e. The first-order valence-corrected chi connectivity index (χ1v) is 5.28. The second-order valence-electron chi connectivity index (χ2n) is 3.67. The highest BCUT2D eigenvalue weighted by Crippen LogP contribution is 2.05. The van der Waals surface area contributed by atoms with Crippen LogP contribution in [-0.4, -0.2) is 28.1 Å². The Kier molecular flexibility index (Phi) is 4.59. The van der Waals surface area contributed by atoms with Crippen LogP contribution in [0.25, 0.3) is 0 Å². The van der Waals surface area contributed by atoms with Crippen molar-refractivity contribution in [2.75, 3.05) is 7.05 Å². The molecule has 80 valence electrons. The van der Waals surface area contributed by atoms with Crippen molar-refractivity contribution < 1.29 is 0 Å². The molecule has 4 nitrogen and oxygen atoms in total. The van der Waals surface area contributed by atoms with Crippen molar-refractivity contribution >= 4 is 0 Å². The van der Waals surface area contributed by atoms with Gasteiger partial charge in [-0.05, 0) is 32.7 Å². The van der Waals surface area contributed by atoms with E-state index in [0.29, 0.717) is 6.04 Å². The SMILES string of the molecule is CCC(CCCc1cn(C)nn1)NC. The molecule has 0 saturated heterocycles. The van der Waals surface area contributed by atoms with E-state index in [1.165, 1.54) is 19.3 Å². The van der Waals surface area contributed by atoms with Crippen LogP contribution in [0.5, 0.6) is 0 Å². The Morgan fingerprint density at radius 1 is 1.57 bits per heavy atom. The molecule has 1 atom stereocenters. The third kappa shape index (κ3) is 3.46. The molecule has 0 amide bonds. The zero-order chi connectivity index (χ0) is 10.4. The summed E-state index contributed by atoms with van der Waals surface area (Å²) < 4.78 is 1.75. The summed E-state index contributed by atoms with van der Waals surface area (Å²) in [5, 5.41) is 11.3. The van der Waals surface area contributed by atoms with Gasteiger partial charge in [0.15, 0.2) is 0 Å². The van der Waals surface area contributed by atoms with Gasteiger partial charge in [-0.2, -0.15) is 0 Å². The van der Waals surface area contributed by atoms with Crippen LogP contribution in [0, 0.1) is 0 Å². The van der Waals surface area contributed by atoms with E-state index in [-0.39, 0.29) is 0 Å². The van der Waals surface area contributed by atoms with Crippen LogP contribution in [0.1, 0.15) is 31.9 Å². The fraction of sp³-hybridized carbons (Fsp3) is 0.800. The minimum absolute atomic E-state index is 0.645. The lowest BCUT2D eigenvalue weighted by molar-refractivity contribution is 0.490. The summed E-state index contributed by atoms with van der Waals surface area (Å²) in [5.74, 6) is 0. The van der Waals surface area contributed by atoms with Gasteiger partial charge in [-0.3, -0.25) is 4.68 Å². The zero-order valence-corrected chi connectivity index (χ0v) is 9.32. The van der Waals surface area contributed by atoms with Crippen LogP contribution in [-0.2, 0) is 13.5 Å². The van der Waals surface area contributed by atoms with E-state index >= 15 is 0 Å². The number of nitrogens with one attached hydrogen (secondary N) is 1. The fourth-order valence-electron chi connectivity index (χ4n) is 1.59. The number of nitrogens with zero attached hydrogens (tertiary/aromatic N) is 3. The normalized spacial score (nSPS) is 13.1. The number of rotatable bonds is 6. The monoisotopic (exact) mass is 196 g/mol. The Balaban J connectivity index is 2.21. The lowest BCUT2D eigenvalue weighted by Gasteiger charge is -2.12. The van der Waals surface area contributed by atoms with Gasteiger partial charge >= 0.3 is 0 Å². The maximum atomic E-state index is 4.06. The molecule has 0 aliphatic rings. The highest BCUT2D eigenvalue weighted by Gasteiger charge is 2.03. The van der Waals surface area contributed by atoms with Gasteiger partial charge in [-0.1, -0.05) is 12.1 Å². The molecule has 0 aromatic carbocycles. The molecule has 1 heterocycles. The van der Waals surface area contributed by atoms with E-state index in [2.05, 4.69) is 22.6 Å². The second kappa shape index (κ2) is 5.75. The van der Waals surface area contributed by atoms with Gasteiger partial charge in [0.05, 0.1) is 5.69 Å². The maximum absolute atomic E-state index is 4.06. The quantitative estimate of drug-likeness (QED) is 0.742. The molecule has 1 N–H and O–H groups in total. The second-order valence-corrected chi connectivity index (χ2v) is 3.67. The van der Waals surface area contributed by atoms with E-state index in [4.69, 9.17) is 0 Å². The summed E-state index contributed by atoms with van der Waals surface area (Å²) in [4.78, 5) is 0. The highest BCUT2D eigenvalue weighted by atomic mass is 15.4. The Bertz CT molecular complexity index is 252. The van der Waals surface area contributed by atoms with Crippen LogP contribution in [0.2, 0.25) is 0 Å². The van der Waals surface area contributed by atoms with Crippen molar-refractivity contribution in [1.82, 2.24) is 20.3 Å². The van der Waals surface area contributed by atoms with Crippen molar-refractivity contribution in [2.45, 2.75) is 38.6 Å². The first-order valence-electron chi connectivity index (χ1n) is 5.28. The standard InChI is InChI=1S/C10H20N4/c1-4-9(11-2)6-5-7-10-8-14(3)13-12-10/h8-9,11H,4-7H2,1-3H3. The Morgan fingerprint density at radius 3 is 2.86 bits per heavy atom. The minimum atomic E-state index is 0.645. The molecule has 0 aliphatic carbocycles. The van der Waals surface area contributed by atoms with Crippen LogP contribution < -0.4 is 5.32 Å². The summed E-state index contributed by atoms with van der Waals surface area (Å²) in [7, 11) is 3.93. The van der Waals surface area contributed by atoms with Gasteiger partial charge in [0.2, 0.25) is 0 Å². The first kappa shape index (κ1) is 11.2. The van der Waals surface area contributed by atoms with E-state index in [1.54, 1.807) is 4.68 Å². The van der Waals surface area contributed by atoms with Gasteiger partial charge in [0.1, 0.15) is 0 Å². The molecule has 1 aromatic rings. The summed E-state index contributed by atoms with van der Waals surface area (Å²) in [6, 6.07) is 0.645. The summed E-state index contributed by atoms with van der Waals surface area (Å²) >= 11 is 0. The number of aryl methyl sites for hydroxylation is 2. The zero-order valence-electron chi connectivity index (χ0n) is 9.32. The van der Waals surface area contributed by atoms with Crippen molar-refractivity contribution in [3.8, 4) is 0 Å². The fourth-order valence-corrected chi connectivity index (χ4v) is 1.59. The molecule has 1 aromatic heterocycles. The van der Waals surface area contributed by atoms with Gasteiger partial charge in [0.25, 0.3) is 0 Å². The third-order valence-corrected chi connectivity index (χ3v) is 2.54. The number of aromatic nitrogens is 3. The molecule has 14 heavy (non-hydrogen) atoms. The Labute approximate surface area is 85.7 Å². The van der Waals surface area contributed by atoms with Crippen LogP contribution in [0.15, 0.2) is 6.20 Å². The van der Waals surface area contributed by atoms with Gasteiger partial charge in [-0.25, -0.2) is 0 Å². The van der Waals surface area contributed by atoms with Gasteiger partial charge < -0.3 is 5.32 Å². The van der Waals surface area contributed by atoms with E-state index in [1.807, 2.05) is 20.3 Å². The largest absolute Gasteiger partial charge is 0.317 e. The topological polar surface area (TPSA) is 42.7 Å². The van der Waals surface area contributed by atoms with Crippen LogP contribution in [0.4, 0.5) is 0 Å². The molecule has 0 bridgehead atoms. The highest BCUT2D eigenvalue weighted by molar-refractivity contribution is 4.91. The molecule has 1 rings (SSSR count). The molecule has 0 radical (unpaired) electrons. The maximum Gasteiger partial charge on any atom is 0.0827 e. The van der Waals surface area contributed by atoms with E-state index < -0.39 is 0 Å². The lowest BCUT2D eigenvalue weighted by atomic mass is 10.1. The van der Waals surface area contributed by atoms with E-state index in [0.717, 1.165) is 12.1 Å². The lowest BCUT2D eigenvalue weighted by Crippen LogP contribution is -2.23. The third-order valence-electron chi connectivity index (χ3n) is 2.54. The van der Waals surface area contributed by atoms with Crippen molar-refractivity contribution in [2.24, 2.45) is 7.05 Å². The molecule has 1 unspecified atom stereocenters. The van der Waals surface area contributed by atoms with E-state index in [9.17, 15) is 0 Å². The number of hydrogen-bond acceptors (Lipinski definition) is 3. The van der Waals surface area contributed by atoms with Crippen LogP contribution >= 0.6 is 0 Å². The average Bonchev–Trinajstić information content (AvgIpc) is 2.59. The van der Waals surface area contributed by atoms with Gasteiger partial charge in [0, 0.05) is 19.3 Å². The Hall–Kier alpha value is -0.900. The number of hydrogen-bond donors (Lipinski definition) is 1. The first-order chi connectivity index (χ1) is 6.76. The Morgan fingerprint density at radius 2 is 2.36 bits per heavy atom. The molecular formula is C10H20N4. The molecule has 0 spiro atoms. The van der Waals surface area contributed by atoms with Crippen LogP contribution in [0.3, 0.4) is 0 Å². The minimum Gasteiger partial charge on any atom is -0.317 e. The molecule has 0 saturated carbocycles. The van der Waals surface area contributed by atoms with Crippen molar-refractivity contribution in [3.05, 3.63) is 11.9 Å². The summed E-state index contributed by atoms with van der Waals surface area (Å²) in [5.41, 5.74) is 1.10. The van der Waals surface area contributed by atoms with Crippen molar-refractivity contribution in [1.29, 1.82) is 0 Å². The van der Waals surface area contributed by atoms with Gasteiger partial charge in [-0.15, -0.1) is 5.10 Å². The predicted octanol–water partition coefficient (Wildman–Crippen LogP) is 1.14. The average molecular weight is 196 g/mol. The molecular weight excluding hydrogens is 176 g/mol. The van der Waals surface area contributed by atoms with Crippen molar-refractivity contribution in [3.63, 3.8) is 0 Å². The molecule has 4 heteroatoms. The summed E-state index contributed by atoms with van der Waals surface area (Å²) in [6.07, 6.45) is 6.60. The predicted molar refractivity (Wildman–Crippen MR) is 57.1 cm³/mol. The summed E-state index contributed by atoms with van der Waals surface area (Å²) in [6.45, 7) is 2.21. The molecule has 0 aliphatic heterocycles.